The van der Waals surface area contributed by atoms with Crippen LogP contribution in [0, 0.1) is 6.92 Å². The van der Waals surface area contributed by atoms with Crippen LogP contribution in [-0.2, 0) is 4.79 Å². The van der Waals surface area contributed by atoms with Gasteiger partial charge in [0, 0.05) is 17.9 Å². The zero-order valence-electron chi connectivity index (χ0n) is 17.5. The molecule has 0 spiro atoms. The molecule has 31 heavy (non-hydrogen) atoms. The van der Waals surface area contributed by atoms with E-state index in [9.17, 15) is 4.79 Å². The van der Waals surface area contributed by atoms with E-state index in [4.69, 9.17) is 19.6 Å². The predicted octanol–water partition coefficient (Wildman–Crippen LogP) is 4.67. The summed E-state index contributed by atoms with van der Waals surface area (Å²) in [6.45, 7) is 4.55. The van der Waals surface area contributed by atoms with E-state index in [0.29, 0.717) is 24.0 Å². The van der Waals surface area contributed by atoms with Crippen molar-refractivity contribution in [3.05, 3.63) is 59.3 Å². The molecule has 158 valence electrons. The van der Waals surface area contributed by atoms with Gasteiger partial charge in [-0.1, -0.05) is 23.5 Å². The molecule has 0 radical (unpaired) electrons. The monoisotopic (exact) mass is 434 g/mol. The molecule has 0 unspecified atom stereocenters. The Kier molecular flexibility index (Phi) is 4.86. The minimum atomic E-state index is -0.0912. The average Bonchev–Trinajstić information content (AvgIpc) is 3.34. The zero-order chi connectivity index (χ0) is 21.5. The lowest BCUT2D eigenvalue weighted by Crippen LogP contribution is -2.24. The Labute approximate surface area is 183 Å². The number of benzene rings is 2. The number of fused-ring (bicyclic) bond motifs is 2. The Morgan fingerprint density at radius 2 is 2.10 bits per heavy atom. The molecule has 8 heteroatoms. The molecule has 3 heterocycles. The fraction of sp³-hybridized carbons (Fsp3) is 0.261. The van der Waals surface area contributed by atoms with Crippen LogP contribution in [0.15, 0.2) is 42.5 Å². The molecule has 1 atom stereocenters. The van der Waals surface area contributed by atoms with Gasteiger partial charge in [0.1, 0.15) is 17.3 Å². The van der Waals surface area contributed by atoms with Crippen LogP contribution in [0.2, 0.25) is 0 Å². The summed E-state index contributed by atoms with van der Waals surface area (Å²) in [7, 11) is 1.64. The fourth-order valence-electron chi connectivity index (χ4n) is 4.07. The smallest absolute Gasteiger partial charge is 0.226 e. The largest absolute Gasteiger partial charge is 0.497 e. The van der Waals surface area contributed by atoms with Gasteiger partial charge < -0.3 is 14.8 Å². The van der Waals surface area contributed by atoms with Crippen molar-refractivity contribution in [3.8, 4) is 16.6 Å². The van der Waals surface area contributed by atoms with E-state index in [1.54, 1.807) is 11.8 Å². The Bertz CT molecular complexity index is 1290. The molecule has 4 aromatic rings. The van der Waals surface area contributed by atoms with Gasteiger partial charge in [-0.25, -0.2) is 4.98 Å². The maximum atomic E-state index is 12.6. The number of nitrogens with zero attached hydrogens (tertiary/aromatic N) is 3. The summed E-state index contributed by atoms with van der Waals surface area (Å²) in [6, 6.07) is 13.7. The van der Waals surface area contributed by atoms with Crippen molar-refractivity contribution >= 4 is 33.3 Å². The number of aromatic nitrogens is 3. The molecule has 1 aliphatic heterocycles. The first-order chi connectivity index (χ1) is 15.1. The van der Waals surface area contributed by atoms with E-state index in [-0.39, 0.29) is 11.8 Å². The van der Waals surface area contributed by atoms with Crippen LogP contribution in [0.1, 0.15) is 36.1 Å². The number of rotatable bonds is 5. The van der Waals surface area contributed by atoms with E-state index >= 15 is 0 Å². The first-order valence-corrected chi connectivity index (χ1v) is 11.0. The van der Waals surface area contributed by atoms with Gasteiger partial charge in [0.05, 0.1) is 29.6 Å². The van der Waals surface area contributed by atoms with Crippen molar-refractivity contribution in [3.63, 3.8) is 0 Å². The lowest BCUT2D eigenvalue weighted by atomic mass is 9.86. The minimum absolute atomic E-state index is 0.0405. The van der Waals surface area contributed by atoms with Crippen LogP contribution in [0.3, 0.4) is 0 Å². The summed E-state index contributed by atoms with van der Waals surface area (Å²) in [6.07, 6.45) is 0.365. The highest BCUT2D eigenvalue weighted by Crippen LogP contribution is 2.41. The molecule has 0 saturated carbocycles. The number of anilines is 1. The number of ether oxygens (including phenoxy) is 2. The van der Waals surface area contributed by atoms with Crippen molar-refractivity contribution in [2.24, 2.45) is 0 Å². The molecular formula is C23H22N4O3S. The lowest BCUT2D eigenvalue weighted by molar-refractivity contribution is -0.116. The molecule has 1 aliphatic rings. The standard InChI is InChI=1S/C23H22N4O3S/c1-4-30-16-8-9-18-19(11-16)31-23(24-18)27-22-21(13(2)26-27)17(12-20(28)25-22)14-6-5-7-15(10-14)29-3/h5-11,17H,4,12H2,1-3H3,(H,25,28)/t17-/m0/s1. The molecular weight excluding hydrogens is 412 g/mol. The maximum Gasteiger partial charge on any atom is 0.226 e. The summed E-state index contributed by atoms with van der Waals surface area (Å²) in [4.78, 5) is 17.4. The molecule has 0 saturated heterocycles. The number of nitrogens with one attached hydrogen (secondary N) is 1. The lowest BCUT2D eigenvalue weighted by Gasteiger charge is -2.24. The summed E-state index contributed by atoms with van der Waals surface area (Å²) in [5.41, 5.74) is 3.79. The molecule has 0 aliphatic carbocycles. The number of hydrogen-bond acceptors (Lipinski definition) is 6. The first kappa shape index (κ1) is 19.6. The second-order valence-electron chi connectivity index (χ2n) is 7.40. The molecule has 2 aromatic carbocycles. The highest BCUT2D eigenvalue weighted by Gasteiger charge is 2.33. The van der Waals surface area contributed by atoms with Crippen molar-refractivity contribution in [2.45, 2.75) is 26.2 Å². The van der Waals surface area contributed by atoms with Crippen LogP contribution in [0.5, 0.6) is 11.5 Å². The predicted molar refractivity (Wildman–Crippen MR) is 121 cm³/mol. The van der Waals surface area contributed by atoms with Gasteiger partial charge in [-0.15, -0.1) is 0 Å². The van der Waals surface area contributed by atoms with Crippen molar-refractivity contribution < 1.29 is 14.3 Å². The summed E-state index contributed by atoms with van der Waals surface area (Å²) >= 11 is 1.52. The van der Waals surface area contributed by atoms with Crippen molar-refractivity contribution in [1.82, 2.24) is 14.8 Å². The van der Waals surface area contributed by atoms with Crippen LogP contribution in [0.4, 0.5) is 5.82 Å². The van der Waals surface area contributed by atoms with Gasteiger partial charge in [-0.05, 0) is 49.7 Å². The van der Waals surface area contributed by atoms with Gasteiger partial charge >= 0.3 is 0 Å². The van der Waals surface area contributed by atoms with Crippen molar-refractivity contribution in [1.29, 1.82) is 0 Å². The number of amides is 1. The molecule has 2 aromatic heterocycles. The Hall–Kier alpha value is -3.39. The molecule has 0 fully saturated rings. The molecule has 1 N–H and O–H groups in total. The average molecular weight is 435 g/mol. The molecule has 1 amide bonds. The van der Waals surface area contributed by atoms with E-state index in [1.807, 2.05) is 56.3 Å². The van der Waals surface area contributed by atoms with E-state index in [0.717, 1.165) is 38.5 Å². The number of thiazole rings is 1. The van der Waals surface area contributed by atoms with Crippen LogP contribution in [-0.4, -0.2) is 34.4 Å². The third-order valence-electron chi connectivity index (χ3n) is 5.44. The van der Waals surface area contributed by atoms with Crippen molar-refractivity contribution in [2.75, 3.05) is 19.0 Å². The third kappa shape index (κ3) is 3.42. The highest BCUT2D eigenvalue weighted by atomic mass is 32.1. The quantitative estimate of drug-likeness (QED) is 0.494. The van der Waals surface area contributed by atoms with Crippen LogP contribution >= 0.6 is 11.3 Å². The van der Waals surface area contributed by atoms with E-state index in [1.165, 1.54) is 11.3 Å². The SMILES string of the molecule is CCOc1ccc2nc(-n3nc(C)c4c3NC(=O)C[C@H]4c3cccc(OC)c3)sc2c1. The van der Waals surface area contributed by atoms with Gasteiger partial charge in [0.15, 0.2) is 0 Å². The summed E-state index contributed by atoms with van der Waals surface area (Å²) < 4.78 is 13.8. The number of carbonyl (C=O) groups excluding carboxylic acids is 1. The second kappa shape index (κ2) is 7.70. The van der Waals surface area contributed by atoms with Gasteiger partial charge in [-0.3, -0.25) is 4.79 Å². The summed E-state index contributed by atoms with van der Waals surface area (Å²) in [5.74, 6) is 2.14. The second-order valence-corrected chi connectivity index (χ2v) is 8.41. The highest BCUT2D eigenvalue weighted by molar-refractivity contribution is 7.20. The van der Waals surface area contributed by atoms with Gasteiger partial charge in [-0.2, -0.15) is 9.78 Å². The number of hydrogen-bond donors (Lipinski definition) is 1. The minimum Gasteiger partial charge on any atom is -0.497 e. The zero-order valence-corrected chi connectivity index (χ0v) is 18.3. The fourth-order valence-corrected chi connectivity index (χ4v) is 5.02. The Balaban J connectivity index is 1.61. The first-order valence-electron chi connectivity index (χ1n) is 10.1. The summed E-state index contributed by atoms with van der Waals surface area (Å²) in [5, 5.41) is 8.49. The molecule has 5 rings (SSSR count). The Morgan fingerprint density at radius 1 is 1.23 bits per heavy atom. The maximum absolute atomic E-state index is 12.6. The molecule has 0 bridgehead atoms. The van der Waals surface area contributed by atoms with E-state index in [2.05, 4.69) is 5.32 Å². The van der Waals surface area contributed by atoms with Crippen LogP contribution < -0.4 is 14.8 Å². The van der Waals surface area contributed by atoms with E-state index < -0.39 is 0 Å². The molecule has 7 nitrogen and oxygen atoms in total. The number of aryl methyl sites for hydroxylation is 1. The van der Waals surface area contributed by atoms with Crippen LogP contribution in [0.25, 0.3) is 15.3 Å². The third-order valence-corrected chi connectivity index (χ3v) is 6.43. The number of carbonyl (C=O) groups is 1. The number of methoxy groups -OCH3 is 1. The normalized spacial score (nSPS) is 15.6. The Morgan fingerprint density at radius 3 is 2.90 bits per heavy atom. The van der Waals surface area contributed by atoms with Gasteiger partial charge in [0.25, 0.3) is 0 Å². The topological polar surface area (TPSA) is 78.3 Å². The van der Waals surface area contributed by atoms with Gasteiger partial charge in [0.2, 0.25) is 11.0 Å².